The van der Waals surface area contributed by atoms with Crippen molar-refractivity contribution >= 4 is 10.0 Å². The van der Waals surface area contributed by atoms with Gasteiger partial charge in [0.05, 0.1) is 4.90 Å². The molecule has 1 aliphatic carbocycles. The molecule has 112 valence electrons. The zero-order chi connectivity index (χ0) is 14.8. The number of benzene rings is 1. The highest BCUT2D eigenvalue weighted by Crippen LogP contribution is 2.26. The normalized spacial score (nSPS) is 23.8. The summed E-state index contributed by atoms with van der Waals surface area (Å²) in [5.74, 6) is 0.400. The molecule has 4 nitrogen and oxygen atoms in total. The molecule has 2 atom stereocenters. The van der Waals surface area contributed by atoms with E-state index in [1.165, 1.54) is 6.42 Å². The Morgan fingerprint density at radius 3 is 2.65 bits per heavy atom. The first-order valence-electron chi connectivity index (χ1n) is 7.26. The highest BCUT2D eigenvalue weighted by molar-refractivity contribution is 7.89. The van der Waals surface area contributed by atoms with Gasteiger partial charge in [0.15, 0.2) is 0 Å². The molecule has 0 saturated heterocycles. The van der Waals surface area contributed by atoms with Gasteiger partial charge in [0.2, 0.25) is 10.0 Å². The molecule has 0 aliphatic heterocycles. The van der Waals surface area contributed by atoms with Crippen LogP contribution in [-0.2, 0) is 16.6 Å². The average Bonchev–Trinajstić information content (AvgIpc) is 2.41. The zero-order valence-electron chi connectivity index (χ0n) is 12.2. The van der Waals surface area contributed by atoms with Gasteiger partial charge < -0.3 is 5.73 Å². The van der Waals surface area contributed by atoms with Gasteiger partial charge >= 0.3 is 0 Å². The summed E-state index contributed by atoms with van der Waals surface area (Å²) in [5, 5.41) is 0. The molecule has 1 saturated carbocycles. The fourth-order valence-corrected chi connectivity index (χ4v) is 4.59. The van der Waals surface area contributed by atoms with Crippen LogP contribution in [0.1, 0.15) is 43.7 Å². The number of nitrogens with one attached hydrogen (secondary N) is 1. The van der Waals surface area contributed by atoms with E-state index < -0.39 is 10.0 Å². The Morgan fingerprint density at radius 2 is 2.00 bits per heavy atom. The summed E-state index contributed by atoms with van der Waals surface area (Å²) in [6.45, 7) is 4.30. The van der Waals surface area contributed by atoms with Crippen molar-refractivity contribution in [3.63, 3.8) is 0 Å². The molecule has 1 aromatic carbocycles. The summed E-state index contributed by atoms with van der Waals surface area (Å²) in [6, 6.07) is 5.34. The molecule has 1 aromatic rings. The van der Waals surface area contributed by atoms with Gasteiger partial charge in [-0.1, -0.05) is 31.9 Å². The molecule has 1 fully saturated rings. The Bertz CT molecular complexity index is 569. The van der Waals surface area contributed by atoms with Crippen LogP contribution in [0.15, 0.2) is 23.1 Å². The highest BCUT2D eigenvalue weighted by atomic mass is 32.2. The van der Waals surface area contributed by atoms with Crippen LogP contribution in [0.5, 0.6) is 0 Å². The maximum absolute atomic E-state index is 12.6. The monoisotopic (exact) mass is 296 g/mol. The predicted octanol–water partition coefficient (Wildman–Crippen LogP) is 2.31. The first-order valence-corrected chi connectivity index (χ1v) is 8.75. The molecule has 20 heavy (non-hydrogen) atoms. The third-order valence-corrected chi connectivity index (χ3v) is 5.96. The van der Waals surface area contributed by atoms with Gasteiger partial charge in [-0.3, -0.25) is 0 Å². The van der Waals surface area contributed by atoms with Crippen LogP contribution in [0.25, 0.3) is 0 Å². The van der Waals surface area contributed by atoms with E-state index in [1.54, 1.807) is 12.1 Å². The number of hydrogen-bond acceptors (Lipinski definition) is 3. The topological polar surface area (TPSA) is 72.2 Å². The van der Waals surface area contributed by atoms with Crippen LogP contribution < -0.4 is 10.5 Å². The molecule has 0 radical (unpaired) electrons. The van der Waals surface area contributed by atoms with Crippen LogP contribution in [0.2, 0.25) is 0 Å². The van der Waals surface area contributed by atoms with Crippen LogP contribution in [0.4, 0.5) is 0 Å². The minimum atomic E-state index is -3.46. The third-order valence-electron chi connectivity index (χ3n) is 4.32. The first kappa shape index (κ1) is 15.5. The lowest BCUT2D eigenvalue weighted by molar-refractivity contribution is 0.310. The van der Waals surface area contributed by atoms with E-state index in [-0.39, 0.29) is 6.04 Å². The van der Waals surface area contributed by atoms with Crippen molar-refractivity contribution in [1.29, 1.82) is 0 Å². The van der Waals surface area contributed by atoms with Crippen molar-refractivity contribution in [2.45, 2.75) is 57.0 Å². The molecule has 0 bridgehead atoms. The van der Waals surface area contributed by atoms with Crippen molar-refractivity contribution in [2.75, 3.05) is 0 Å². The number of rotatable bonds is 4. The van der Waals surface area contributed by atoms with E-state index in [0.29, 0.717) is 17.4 Å². The maximum Gasteiger partial charge on any atom is 0.241 e. The molecule has 5 heteroatoms. The fraction of sp³-hybridized carbons (Fsp3) is 0.600. The van der Waals surface area contributed by atoms with Crippen molar-refractivity contribution in [3.8, 4) is 0 Å². The second kappa shape index (κ2) is 6.24. The average molecular weight is 296 g/mol. The number of hydrogen-bond donors (Lipinski definition) is 2. The van der Waals surface area contributed by atoms with Crippen LogP contribution >= 0.6 is 0 Å². The smallest absolute Gasteiger partial charge is 0.241 e. The van der Waals surface area contributed by atoms with Gasteiger partial charge in [0.25, 0.3) is 0 Å². The largest absolute Gasteiger partial charge is 0.326 e. The summed E-state index contributed by atoms with van der Waals surface area (Å²) in [7, 11) is -3.46. The Kier molecular flexibility index (Phi) is 4.83. The van der Waals surface area contributed by atoms with Gasteiger partial charge in [0.1, 0.15) is 0 Å². The quantitative estimate of drug-likeness (QED) is 0.895. The van der Waals surface area contributed by atoms with Crippen LogP contribution in [0, 0.1) is 12.8 Å². The summed E-state index contributed by atoms with van der Waals surface area (Å²) >= 11 is 0. The summed E-state index contributed by atoms with van der Waals surface area (Å²) in [5.41, 5.74) is 7.29. The standard InChI is InChI=1S/C15H24N2O2S/c1-11-6-3-4-8-14(11)17-20(18,19)15-9-5-7-13(10-16)12(15)2/h5,7,9,11,14,17H,3-4,6,8,10,16H2,1-2H3. The van der Waals surface area contributed by atoms with Gasteiger partial charge in [-0.25, -0.2) is 13.1 Å². The molecule has 0 heterocycles. The van der Waals surface area contributed by atoms with E-state index in [4.69, 9.17) is 5.73 Å². The number of nitrogens with two attached hydrogens (primary N) is 1. The maximum atomic E-state index is 12.6. The molecule has 0 spiro atoms. The van der Waals surface area contributed by atoms with Crippen LogP contribution in [-0.4, -0.2) is 14.5 Å². The molecule has 1 aliphatic rings. The molecule has 2 unspecified atom stereocenters. The molecule has 0 aromatic heterocycles. The Hall–Kier alpha value is -0.910. The van der Waals surface area contributed by atoms with E-state index >= 15 is 0 Å². The lowest BCUT2D eigenvalue weighted by Crippen LogP contribution is -2.41. The molecule has 2 rings (SSSR count). The Balaban J connectivity index is 2.26. The first-order chi connectivity index (χ1) is 9.45. The van der Waals surface area contributed by atoms with Crippen LogP contribution in [0.3, 0.4) is 0 Å². The molecule has 3 N–H and O–H groups in total. The second-order valence-electron chi connectivity index (χ2n) is 5.73. The molecular formula is C15H24N2O2S. The third kappa shape index (κ3) is 3.22. The van der Waals surface area contributed by atoms with Crippen molar-refractivity contribution in [1.82, 2.24) is 4.72 Å². The van der Waals surface area contributed by atoms with E-state index in [1.807, 2.05) is 13.0 Å². The SMILES string of the molecule is Cc1c(CN)cccc1S(=O)(=O)NC1CCCCC1C. The summed E-state index contributed by atoms with van der Waals surface area (Å²) in [6.07, 6.45) is 4.31. The molecule has 0 amide bonds. The minimum Gasteiger partial charge on any atom is -0.326 e. The van der Waals surface area contributed by atoms with Gasteiger partial charge in [-0.15, -0.1) is 0 Å². The second-order valence-corrected chi connectivity index (χ2v) is 7.42. The van der Waals surface area contributed by atoms with Crippen molar-refractivity contribution < 1.29 is 8.42 Å². The van der Waals surface area contributed by atoms with E-state index in [0.717, 1.165) is 30.4 Å². The van der Waals surface area contributed by atoms with Gasteiger partial charge in [-0.2, -0.15) is 0 Å². The van der Waals surface area contributed by atoms with Gasteiger partial charge in [0, 0.05) is 12.6 Å². The Morgan fingerprint density at radius 1 is 1.30 bits per heavy atom. The van der Waals surface area contributed by atoms with E-state index in [9.17, 15) is 8.42 Å². The van der Waals surface area contributed by atoms with E-state index in [2.05, 4.69) is 11.6 Å². The Labute approximate surface area is 121 Å². The highest BCUT2D eigenvalue weighted by Gasteiger charge is 2.27. The summed E-state index contributed by atoms with van der Waals surface area (Å²) < 4.78 is 28.1. The summed E-state index contributed by atoms with van der Waals surface area (Å²) in [4.78, 5) is 0.359. The fourth-order valence-electron chi connectivity index (χ4n) is 2.93. The van der Waals surface area contributed by atoms with Gasteiger partial charge in [-0.05, 0) is 42.9 Å². The minimum absolute atomic E-state index is 0.0506. The lowest BCUT2D eigenvalue weighted by atomic mass is 9.87. The van der Waals surface area contributed by atoms with Crippen molar-refractivity contribution in [2.24, 2.45) is 11.7 Å². The number of sulfonamides is 1. The van der Waals surface area contributed by atoms with Crippen molar-refractivity contribution in [3.05, 3.63) is 29.3 Å². The lowest BCUT2D eigenvalue weighted by Gasteiger charge is -2.29. The zero-order valence-corrected chi connectivity index (χ0v) is 13.0. The predicted molar refractivity (Wildman–Crippen MR) is 80.8 cm³/mol. The molecular weight excluding hydrogens is 272 g/mol.